The molecule has 0 aromatic heterocycles. The second-order valence-electron chi connectivity index (χ2n) is 4.86. The maximum atomic E-state index is 5.68. The molecule has 1 atom stereocenters. The Labute approximate surface area is 135 Å². The van der Waals surface area contributed by atoms with Crippen LogP contribution in [0, 0.1) is 0 Å². The Morgan fingerprint density at radius 1 is 1.24 bits per heavy atom. The second kappa shape index (κ2) is 8.01. The summed E-state index contributed by atoms with van der Waals surface area (Å²) < 4.78 is 6.78. The quantitative estimate of drug-likeness (QED) is 0.723. The van der Waals surface area contributed by atoms with Crippen molar-refractivity contribution >= 4 is 15.9 Å². The minimum absolute atomic E-state index is 0.273. The Morgan fingerprint density at radius 2 is 2.05 bits per heavy atom. The van der Waals surface area contributed by atoms with E-state index in [1.165, 1.54) is 5.56 Å². The van der Waals surface area contributed by atoms with Gasteiger partial charge in [0.05, 0.1) is 0 Å². The van der Waals surface area contributed by atoms with Crippen molar-refractivity contribution in [2.75, 3.05) is 6.61 Å². The number of benzene rings is 2. The summed E-state index contributed by atoms with van der Waals surface area (Å²) >= 11 is 3.51. The average molecular weight is 346 g/mol. The van der Waals surface area contributed by atoms with E-state index in [0.29, 0.717) is 6.61 Å². The molecule has 1 N–H and O–H groups in total. The van der Waals surface area contributed by atoms with Crippen LogP contribution in [-0.2, 0) is 6.54 Å². The van der Waals surface area contributed by atoms with Crippen LogP contribution in [0.1, 0.15) is 24.1 Å². The first kappa shape index (κ1) is 15.8. The molecule has 0 saturated carbocycles. The van der Waals surface area contributed by atoms with Crippen LogP contribution in [0.3, 0.4) is 0 Å². The molecule has 2 aromatic rings. The number of rotatable bonds is 7. The molecule has 2 nitrogen and oxygen atoms in total. The summed E-state index contributed by atoms with van der Waals surface area (Å²) in [4.78, 5) is 0. The molecule has 110 valence electrons. The van der Waals surface area contributed by atoms with Gasteiger partial charge in [-0.1, -0.05) is 58.9 Å². The van der Waals surface area contributed by atoms with Crippen LogP contribution < -0.4 is 10.1 Å². The Balaban J connectivity index is 2.01. The molecule has 0 heterocycles. The van der Waals surface area contributed by atoms with Crippen molar-refractivity contribution in [1.29, 1.82) is 0 Å². The van der Waals surface area contributed by atoms with Crippen LogP contribution in [0.5, 0.6) is 5.75 Å². The molecule has 0 aliphatic rings. The Hall–Kier alpha value is -1.58. The van der Waals surface area contributed by atoms with Gasteiger partial charge in [-0.3, -0.25) is 0 Å². The lowest BCUT2D eigenvalue weighted by molar-refractivity contribution is 0.357. The van der Waals surface area contributed by atoms with Gasteiger partial charge in [0.25, 0.3) is 0 Å². The molecule has 0 spiro atoms. The Bertz CT molecular complexity index is 597. The van der Waals surface area contributed by atoms with Gasteiger partial charge in [-0.05, 0) is 30.7 Å². The van der Waals surface area contributed by atoms with E-state index >= 15 is 0 Å². The number of ether oxygens (including phenoxy) is 1. The molecule has 0 saturated heterocycles. The molecular formula is C18H20BrNO. The van der Waals surface area contributed by atoms with Gasteiger partial charge in [-0.2, -0.15) is 0 Å². The van der Waals surface area contributed by atoms with E-state index in [4.69, 9.17) is 4.74 Å². The van der Waals surface area contributed by atoms with Crippen molar-refractivity contribution in [3.8, 4) is 5.75 Å². The molecule has 0 radical (unpaired) electrons. The first-order valence-electron chi connectivity index (χ1n) is 7.01. The summed E-state index contributed by atoms with van der Waals surface area (Å²) in [5, 5.41) is 3.53. The standard InChI is InChI=1S/C18H20BrNO/c1-3-11-21-18-10-5-4-7-16(18)13-20-14(2)15-8-6-9-17(19)12-15/h3-10,12,14,20H,1,11,13H2,2H3/t14-/m0/s1. The molecule has 0 bridgehead atoms. The topological polar surface area (TPSA) is 21.3 Å². The lowest BCUT2D eigenvalue weighted by Crippen LogP contribution is -2.18. The largest absolute Gasteiger partial charge is 0.489 e. The second-order valence-corrected chi connectivity index (χ2v) is 5.78. The Morgan fingerprint density at radius 3 is 2.81 bits per heavy atom. The van der Waals surface area contributed by atoms with E-state index in [0.717, 1.165) is 22.3 Å². The first-order chi connectivity index (χ1) is 10.2. The minimum Gasteiger partial charge on any atom is -0.489 e. The molecule has 0 fully saturated rings. The van der Waals surface area contributed by atoms with Crippen LogP contribution in [-0.4, -0.2) is 6.61 Å². The van der Waals surface area contributed by atoms with Crippen molar-refractivity contribution in [3.63, 3.8) is 0 Å². The van der Waals surface area contributed by atoms with E-state index in [2.05, 4.69) is 59.0 Å². The van der Waals surface area contributed by atoms with E-state index in [-0.39, 0.29) is 6.04 Å². The monoisotopic (exact) mass is 345 g/mol. The highest BCUT2D eigenvalue weighted by Gasteiger charge is 2.07. The summed E-state index contributed by atoms with van der Waals surface area (Å²) in [6, 6.07) is 16.7. The number of hydrogen-bond acceptors (Lipinski definition) is 2. The van der Waals surface area contributed by atoms with E-state index < -0.39 is 0 Å². The molecule has 3 heteroatoms. The molecule has 0 amide bonds. The van der Waals surface area contributed by atoms with Gasteiger partial charge >= 0.3 is 0 Å². The van der Waals surface area contributed by atoms with Crippen LogP contribution in [0.15, 0.2) is 65.7 Å². The third-order valence-corrected chi connectivity index (χ3v) is 3.77. The van der Waals surface area contributed by atoms with Crippen LogP contribution in [0.2, 0.25) is 0 Å². The fourth-order valence-corrected chi connectivity index (χ4v) is 2.51. The molecular weight excluding hydrogens is 326 g/mol. The third-order valence-electron chi connectivity index (χ3n) is 3.28. The van der Waals surface area contributed by atoms with Crippen molar-refractivity contribution in [2.45, 2.75) is 19.5 Å². The number of para-hydroxylation sites is 1. The third kappa shape index (κ3) is 4.73. The van der Waals surface area contributed by atoms with Crippen molar-refractivity contribution in [1.82, 2.24) is 5.32 Å². The molecule has 2 aromatic carbocycles. The van der Waals surface area contributed by atoms with Crippen LogP contribution in [0.4, 0.5) is 0 Å². The zero-order chi connectivity index (χ0) is 15.1. The fourth-order valence-electron chi connectivity index (χ4n) is 2.10. The number of halogens is 1. The highest BCUT2D eigenvalue weighted by Crippen LogP contribution is 2.21. The lowest BCUT2D eigenvalue weighted by atomic mass is 10.1. The number of hydrogen-bond donors (Lipinski definition) is 1. The molecule has 0 unspecified atom stereocenters. The smallest absolute Gasteiger partial charge is 0.124 e. The van der Waals surface area contributed by atoms with E-state index in [1.54, 1.807) is 6.08 Å². The molecule has 21 heavy (non-hydrogen) atoms. The van der Waals surface area contributed by atoms with Gasteiger partial charge in [-0.15, -0.1) is 0 Å². The zero-order valence-electron chi connectivity index (χ0n) is 12.2. The maximum absolute atomic E-state index is 5.68. The van der Waals surface area contributed by atoms with Gasteiger partial charge in [0.2, 0.25) is 0 Å². The molecule has 0 aliphatic heterocycles. The van der Waals surface area contributed by atoms with E-state index in [1.807, 2.05) is 24.3 Å². The summed E-state index contributed by atoms with van der Waals surface area (Å²) in [6.45, 7) is 7.14. The van der Waals surface area contributed by atoms with Crippen molar-refractivity contribution in [3.05, 3.63) is 76.8 Å². The highest BCUT2D eigenvalue weighted by molar-refractivity contribution is 9.10. The number of nitrogens with one attached hydrogen (secondary N) is 1. The Kier molecular flexibility index (Phi) is 6.03. The molecule has 2 rings (SSSR count). The maximum Gasteiger partial charge on any atom is 0.124 e. The predicted molar refractivity (Wildman–Crippen MR) is 91.5 cm³/mol. The summed E-state index contributed by atoms with van der Waals surface area (Å²) in [5.74, 6) is 0.909. The lowest BCUT2D eigenvalue weighted by Gasteiger charge is -2.16. The zero-order valence-corrected chi connectivity index (χ0v) is 13.8. The van der Waals surface area contributed by atoms with Crippen LogP contribution >= 0.6 is 15.9 Å². The first-order valence-corrected chi connectivity index (χ1v) is 7.80. The predicted octanol–water partition coefficient (Wildman–Crippen LogP) is 4.86. The van der Waals surface area contributed by atoms with Gasteiger partial charge in [0, 0.05) is 22.6 Å². The average Bonchev–Trinajstić information content (AvgIpc) is 2.51. The van der Waals surface area contributed by atoms with Crippen molar-refractivity contribution in [2.24, 2.45) is 0 Å². The van der Waals surface area contributed by atoms with Gasteiger partial charge in [-0.25, -0.2) is 0 Å². The molecule has 0 aliphatic carbocycles. The van der Waals surface area contributed by atoms with Gasteiger partial charge in [0.1, 0.15) is 12.4 Å². The normalized spacial score (nSPS) is 11.9. The minimum atomic E-state index is 0.273. The fraction of sp³-hybridized carbons (Fsp3) is 0.222. The summed E-state index contributed by atoms with van der Waals surface area (Å²) in [7, 11) is 0. The summed E-state index contributed by atoms with van der Waals surface area (Å²) in [5.41, 5.74) is 2.41. The summed E-state index contributed by atoms with van der Waals surface area (Å²) in [6.07, 6.45) is 1.76. The van der Waals surface area contributed by atoms with E-state index in [9.17, 15) is 0 Å². The highest BCUT2D eigenvalue weighted by atomic mass is 79.9. The van der Waals surface area contributed by atoms with Gasteiger partial charge in [0.15, 0.2) is 0 Å². The van der Waals surface area contributed by atoms with Crippen LogP contribution in [0.25, 0.3) is 0 Å². The van der Waals surface area contributed by atoms with Crippen molar-refractivity contribution < 1.29 is 4.74 Å². The van der Waals surface area contributed by atoms with Gasteiger partial charge < -0.3 is 10.1 Å². The SMILES string of the molecule is C=CCOc1ccccc1CN[C@@H](C)c1cccc(Br)c1.